The number of terminal acetylenes is 1. The van der Waals surface area contributed by atoms with Crippen LogP contribution in [-0.2, 0) is 19.2 Å². The zero-order valence-electron chi connectivity index (χ0n) is 12.5. The molecule has 0 bridgehead atoms. The van der Waals surface area contributed by atoms with E-state index < -0.39 is 28.0 Å². The highest BCUT2D eigenvalue weighted by molar-refractivity contribution is 7.82. The SMILES string of the molecule is C#CCC(C(=O)C(S)CNC(C)=O)C(=O)C(S)CNC(C)=O. The Kier molecular flexibility index (Phi) is 9.61. The summed E-state index contributed by atoms with van der Waals surface area (Å²) >= 11 is 8.20. The topological polar surface area (TPSA) is 92.3 Å². The van der Waals surface area contributed by atoms with Gasteiger partial charge in [0.1, 0.15) is 0 Å². The molecule has 2 atom stereocenters. The lowest BCUT2D eigenvalue weighted by atomic mass is 9.91. The fraction of sp³-hybridized carbons (Fsp3) is 0.571. The van der Waals surface area contributed by atoms with E-state index in [2.05, 4.69) is 41.8 Å². The summed E-state index contributed by atoms with van der Waals surface area (Å²) in [6, 6.07) is 0. The number of nitrogens with one attached hydrogen (secondary N) is 2. The van der Waals surface area contributed by atoms with Gasteiger partial charge >= 0.3 is 0 Å². The van der Waals surface area contributed by atoms with Crippen molar-refractivity contribution in [2.24, 2.45) is 5.92 Å². The highest BCUT2D eigenvalue weighted by Crippen LogP contribution is 2.16. The molecule has 2 N–H and O–H groups in total. The van der Waals surface area contributed by atoms with Gasteiger partial charge in [0.15, 0.2) is 11.6 Å². The molecule has 0 rings (SSSR count). The Balaban J connectivity index is 4.85. The molecular weight excluding hydrogens is 324 g/mol. The average molecular weight is 344 g/mol. The molecular formula is C14H20N2O4S2. The van der Waals surface area contributed by atoms with Crippen LogP contribution in [0, 0.1) is 18.3 Å². The standard InChI is InChI=1S/C14H20N2O4S2/c1-4-5-10(13(19)11(21)6-15-8(2)17)14(20)12(22)7-16-9(3)18/h1,10-12,21-22H,5-7H2,2-3H3,(H,15,17)(H,16,18). The first kappa shape index (κ1) is 20.5. The molecule has 0 saturated carbocycles. The van der Waals surface area contributed by atoms with E-state index in [4.69, 9.17) is 6.42 Å². The van der Waals surface area contributed by atoms with E-state index >= 15 is 0 Å². The molecule has 0 aliphatic heterocycles. The normalized spacial score (nSPS) is 14.1. The molecule has 8 heteroatoms. The quantitative estimate of drug-likeness (QED) is 0.261. The summed E-state index contributed by atoms with van der Waals surface area (Å²) < 4.78 is 0. The van der Waals surface area contributed by atoms with E-state index in [1.165, 1.54) is 13.8 Å². The summed E-state index contributed by atoms with van der Waals surface area (Å²) in [7, 11) is 0. The first-order chi connectivity index (χ1) is 10.2. The number of carbonyl (C=O) groups excluding carboxylic acids is 4. The smallest absolute Gasteiger partial charge is 0.216 e. The van der Waals surface area contributed by atoms with Crippen molar-refractivity contribution in [2.45, 2.75) is 30.8 Å². The van der Waals surface area contributed by atoms with E-state index in [1.54, 1.807) is 0 Å². The summed E-state index contributed by atoms with van der Waals surface area (Å²) in [5, 5.41) is 3.23. The summed E-state index contributed by atoms with van der Waals surface area (Å²) in [6.07, 6.45) is 5.13. The third-order valence-corrected chi connectivity index (χ3v) is 3.63. The molecule has 0 aromatic rings. The predicted molar refractivity (Wildman–Crippen MR) is 89.9 cm³/mol. The van der Waals surface area contributed by atoms with E-state index in [0.29, 0.717) is 0 Å². The zero-order valence-corrected chi connectivity index (χ0v) is 14.2. The van der Waals surface area contributed by atoms with Crippen LogP contribution < -0.4 is 10.6 Å². The maximum Gasteiger partial charge on any atom is 0.216 e. The van der Waals surface area contributed by atoms with Gasteiger partial charge in [-0.3, -0.25) is 19.2 Å². The minimum atomic E-state index is -1.06. The highest BCUT2D eigenvalue weighted by atomic mass is 32.1. The van der Waals surface area contributed by atoms with Crippen LogP contribution >= 0.6 is 25.3 Å². The zero-order chi connectivity index (χ0) is 17.3. The molecule has 0 aliphatic rings. The van der Waals surface area contributed by atoms with Gasteiger partial charge in [-0.1, -0.05) is 0 Å². The molecule has 0 saturated heterocycles. The first-order valence-electron chi connectivity index (χ1n) is 6.56. The minimum absolute atomic E-state index is 0.00850. The first-order valence-corrected chi connectivity index (χ1v) is 7.59. The van der Waals surface area contributed by atoms with Crippen LogP contribution in [0.15, 0.2) is 0 Å². The molecule has 0 radical (unpaired) electrons. The van der Waals surface area contributed by atoms with Gasteiger partial charge in [0, 0.05) is 33.4 Å². The minimum Gasteiger partial charge on any atom is -0.355 e. The largest absolute Gasteiger partial charge is 0.355 e. The number of Topliss-reactive ketones (excluding diaryl/α,β-unsaturated/α-hetero) is 2. The van der Waals surface area contributed by atoms with Crippen molar-refractivity contribution in [3.05, 3.63) is 0 Å². The average Bonchev–Trinajstić information content (AvgIpc) is 2.46. The predicted octanol–water partition coefficient (Wildman–Crippen LogP) is -0.367. The second kappa shape index (κ2) is 10.3. The Morgan fingerprint density at radius 1 is 0.955 bits per heavy atom. The van der Waals surface area contributed by atoms with Gasteiger partial charge in [-0.15, -0.1) is 12.3 Å². The van der Waals surface area contributed by atoms with Crippen LogP contribution in [-0.4, -0.2) is 47.0 Å². The van der Waals surface area contributed by atoms with Crippen LogP contribution in [0.1, 0.15) is 20.3 Å². The van der Waals surface area contributed by atoms with Gasteiger partial charge in [-0.2, -0.15) is 25.3 Å². The van der Waals surface area contributed by atoms with Crippen molar-refractivity contribution < 1.29 is 19.2 Å². The summed E-state index contributed by atoms with van der Waals surface area (Å²) in [5.74, 6) is -0.317. The summed E-state index contributed by atoms with van der Waals surface area (Å²) in [6.45, 7) is 2.64. The molecule has 0 spiro atoms. The van der Waals surface area contributed by atoms with Crippen molar-refractivity contribution in [3.63, 3.8) is 0 Å². The number of amides is 2. The lowest BCUT2D eigenvalue weighted by Gasteiger charge is -2.20. The fourth-order valence-corrected chi connectivity index (χ4v) is 2.15. The van der Waals surface area contributed by atoms with E-state index in [9.17, 15) is 19.2 Å². The van der Waals surface area contributed by atoms with Crippen LogP contribution in [0.25, 0.3) is 0 Å². The van der Waals surface area contributed by atoms with Gasteiger partial charge in [-0.05, 0) is 0 Å². The van der Waals surface area contributed by atoms with E-state index in [1.807, 2.05) is 0 Å². The maximum atomic E-state index is 12.3. The lowest BCUT2D eigenvalue weighted by molar-refractivity contribution is -0.131. The monoisotopic (exact) mass is 344 g/mol. The molecule has 22 heavy (non-hydrogen) atoms. The molecule has 0 aliphatic carbocycles. The number of carbonyl (C=O) groups is 4. The van der Waals surface area contributed by atoms with Gasteiger partial charge in [0.2, 0.25) is 11.8 Å². The van der Waals surface area contributed by atoms with Gasteiger partial charge in [0.05, 0.1) is 16.4 Å². The number of rotatable bonds is 9. The van der Waals surface area contributed by atoms with Crippen LogP contribution in [0.3, 0.4) is 0 Å². The van der Waals surface area contributed by atoms with Crippen LogP contribution in [0.5, 0.6) is 0 Å². The molecule has 2 amide bonds. The van der Waals surface area contributed by atoms with E-state index in [-0.39, 0.29) is 31.3 Å². The second-order valence-corrected chi connectivity index (χ2v) is 5.92. The Morgan fingerprint density at radius 2 is 1.32 bits per heavy atom. The maximum absolute atomic E-state index is 12.3. The molecule has 0 fully saturated rings. The van der Waals surface area contributed by atoms with Crippen molar-refractivity contribution in [2.75, 3.05) is 13.1 Å². The van der Waals surface area contributed by atoms with Gasteiger partial charge in [-0.25, -0.2) is 0 Å². The molecule has 2 unspecified atom stereocenters. The Labute approximate surface area is 141 Å². The van der Waals surface area contributed by atoms with E-state index in [0.717, 1.165) is 0 Å². The second-order valence-electron chi connectivity index (χ2n) is 4.67. The number of hydrogen-bond acceptors (Lipinski definition) is 6. The Hall–Kier alpha value is -1.46. The van der Waals surface area contributed by atoms with Crippen molar-refractivity contribution in [1.82, 2.24) is 10.6 Å². The summed E-state index contributed by atoms with van der Waals surface area (Å²) in [4.78, 5) is 46.2. The van der Waals surface area contributed by atoms with Gasteiger partial charge < -0.3 is 10.6 Å². The highest BCUT2D eigenvalue weighted by Gasteiger charge is 2.33. The molecule has 0 aromatic heterocycles. The van der Waals surface area contributed by atoms with Crippen molar-refractivity contribution in [3.8, 4) is 12.3 Å². The van der Waals surface area contributed by atoms with Gasteiger partial charge in [0.25, 0.3) is 0 Å². The summed E-state index contributed by atoms with van der Waals surface area (Å²) in [5.41, 5.74) is 0. The third kappa shape index (κ3) is 7.52. The number of thiol groups is 2. The molecule has 122 valence electrons. The Morgan fingerprint density at radius 3 is 1.59 bits per heavy atom. The fourth-order valence-electron chi connectivity index (χ4n) is 1.61. The van der Waals surface area contributed by atoms with Crippen LogP contribution in [0.2, 0.25) is 0 Å². The molecule has 6 nitrogen and oxygen atoms in total. The number of ketones is 2. The lowest BCUT2D eigenvalue weighted by Crippen LogP contribution is -2.42. The molecule has 0 aromatic carbocycles. The third-order valence-electron chi connectivity index (χ3n) is 2.75. The van der Waals surface area contributed by atoms with Crippen LogP contribution in [0.4, 0.5) is 0 Å². The molecule has 0 heterocycles. The van der Waals surface area contributed by atoms with Crippen molar-refractivity contribution in [1.29, 1.82) is 0 Å². The number of hydrogen-bond donors (Lipinski definition) is 4. The van der Waals surface area contributed by atoms with Crippen molar-refractivity contribution >= 4 is 48.6 Å². The Bertz CT molecular complexity index is 452.